The molecule has 0 heterocycles. The first-order valence-corrected chi connectivity index (χ1v) is 3.62. The molecule has 0 radical (unpaired) electrons. The zero-order valence-corrected chi connectivity index (χ0v) is 7.28. The normalized spacial score (nSPS) is 8.83. The van der Waals surface area contributed by atoms with Gasteiger partial charge >= 0.3 is 11.9 Å². The van der Waals surface area contributed by atoms with Crippen molar-refractivity contribution in [2.45, 2.75) is 26.7 Å². The van der Waals surface area contributed by atoms with E-state index in [-0.39, 0.29) is 0 Å². The monoisotopic (exact) mass is 174 g/mol. The molecular formula is C8H14O4. The lowest BCUT2D eigenvalue weighted by Crippen LogP contribution is -1.90. The Balaban J connectivity index is 0. The molecule has 0 aliphatic rings. The molecule has 0 spiro atoms. The van der Waals surface area contributed by atoms with Gasteiger partial charge in [0.15, 0.2) is 0 Å². The third-order valence-electron chi connectivity index (χ3n) is 0.773. The summed E-state index contributed by atoms with van der Waals surface area (Å²) in [5.41, 5.74) is 0. The van der Waals surface area contributed by atoms with Gasteiger partial charge in [0.25, 0.3) is 0 Å². The highest BCUT2D eigenvalue weighted by molar-refractivity contribution is 5.79. The molecule has 4 heteroatoms. The molecule has 0 fully saturated rings. The maximum absolute atomic E-state index is 9.60. The first-order chi connectivity index (χ1) is 5.54. The van der Waals surface area contributed by atoms with Crippen LogP contribution < -0.4 is 0 Å². The van der Waals surface area contributed by atoms with Crippen molar-refractivity contribution in [3.8, 4) is 0 Å². The van der Waals surface area contributed by atoms with Crippen LogP contribution in [0.2, 0.25) is 0 Å². The first kappa shape index (κ1) is 13.3. The van der Waals surface area contributed by atoms with E-state index >= 15 is 0 Å². The summed E-state index contributed by atoms with van der Waals surface area (Å²) in [5, 5.41) is 15.7. The van der Waals surface area contributed by atoms with Crippen molar-refractivity contribution in [3.63, 3.8) is 0 Å². The molecule has 0 rings (SSSR count). The lowest BCUT2D eigenvalue weighted by Gasteiger charge is -1.79. The third-order valence-corrected chi connectivity index (χ3v) is 0.773. The topological polar surface area (TPSA) is 74.6 Å². The van der Waals surface area contributed by atoms with Gasteiger partial charge in [0, 0.05) is 12.5 Å². The Hall–Kier alpha value is -1.32. The van der Waals surface area contributed by atoms with Crippen molar-refractivity contribution in [1.82, 2.24) is 0 Å². The molecule has 0 aliphatic heterocycles. The minimum atomic E-state index is -0.891. The first-order valence-electron chi connectivity index (χ1n) is 3.62. The molecule has 0 amide bonds. The van der Waals surface area contributed by atoms with E-state index < -0.39 is 11.9 Å². The highest BCUT2D eigenvalue weighted by Gasteiger charge is 1.87. The molecule has 0 aliphatic carbocycles. The predicted molar refractivity (Wildman–Crippen MR) is 45.0 cm³/mol. The number of rotatable bonds is 3. The summed E-state index contributed by atoms with van der Waals surface area (Å²) in [6.07, 6.45) is 3.58. The Morgan fingerprint density at radius 1 is 1.33 bits per heavy atom. The van der Waals surface area contributed by atoms with E-state index in [0.29, 0.717) is 6.42 Å². The molecule has 0 unspecified atom stereocenters. The summed E-state index contributed by atoms with van der Waals surface area (Å²) in [5.74, 6) is -1.60. The summed E-state index contributed by atoms with van der Waals surface area (Å²) in [4.78, 5) is 19.1. The van der Waals surface area contributed by atoms with Crippen molar-refractivity contribution in [2.75, 3.05) is 0 Å². The van der Waals surface area contributed by atoms with E-state index in [9.17, 15) is 9.59 Å². The Morgan fingerprint density at radius 3 is 1.83 bits per heavy atom. The second-order valence-electron chi connectivity index (χ2n) is 1.98. The average Bonchev–Trinajstić information content (AvgIpc) is 1.87. The van der Waals surface area contributed by atoms with Crippen molar-refractivity contribution in [2.24, 2.45) is 0 Å². The zero-order valence-electron chi connectivity index (χ0n) is 7.28. The Kier molecular flexibility index (Phi) is 10.7. The van der Waals surface area contributed by atoms with Gasteiger partial charge in [0.1, 0.15) is 0 Å². The Morgan fingerprint density at radius 2 is 1.83 bits per heavy atom. The highest BCUT2D eigenvalue weighted by Crippen LogP contribution is 1.82. The van der Waals surface area contributed by atoms with Gasteiger partial charge in [-0.05, 0) is 13.3 Å². The summed E-state index contributed by atoms with van der Waals surface area (Å²) >= 11 is 0. The number of aliphatic carboxylic acids is 2. The van der Waals surface area contributed by atoms with E-state index in [1.165, 1.54) is 6.08 Å². The fourth-order valence-electron chi connectivity index (χ4n) is 0.356. The van der Waals surface area contributed by atoms with Gasteiger partial charge in [0.05, 0.1) is 0 Å². The average molecular weight is 174 g/mol. The van der Waals surface area contributed by atoms with Crippen molar-refractivity contribution >= 4 is 11.9 Å². The van der Waals surface area contributed by atoms with Crippen LogP contribution in [0.15, 0.2) is 12.2 Å². The molecule has 0 atom stereocenters. The molecule has 0 saturated carbocycles. The van der Waals surface area contributed by atoms with Crippen LogP contribution in [0.5, 0.6) is 0 Å². The molecule has 0 saturated heterocycles. The van der Waals surface area contributed by atoms with Crippen LogP contribution in [0.4, 0.5) is 0 Å². The van der Waals surface area contributed by atoms with E-state index in [1.54, 1.807) is 6.92 Å². The Bertz CT molecular complexity index is 160. The summed E-state index contributed by atoms with van der Waals surface area (Å²) < 4.78 is 0. The van der Waals surface area contributed by atoms with Crippen LogP contribution in [0.1, 0.15) is 26.7 Å². The van der Waals surface area contributed by atoms with Gasteiger partial charge < -0.3 is 10.2 Å². The maximum Gasteiger partial charge on any atom is 0.327 e. The minimum Gasteiger partial charge on any atom is -0.481 e. The number of hydrogen-bond donors (Lipinski definition) is 2. The van der Waals surface area contributed by atoms with E-state index in [4.69, 9.17) is 10.2 Å². The van der Waals surface area contributed by atoms with Crippen LogP contribution in [0.25, 0.3) is 0 Å². The molecule has 0 aromatic carbocycles. The lowest BCUT2D eigenvalue weighted by atomic mass is 10.4. The SMILES string of the molecule is C/C=C/C(=O)O.CCCC(=O)O. The van der Waals surface area contributed by atoms with Gasteiger partial charge in [0.2, 0.25) is 0 Å². The van der Waals surface area contributed by atoms with Gasteiger partial charge in [-0.2, -0.15) is 0 Å². The standard InChI is InChI=1S/C4H8O2.C4H6O2/c2*1-2-3-4(5)6/h2-3H2,1H3,(H,5,6);2-3H,1H3,(H,5,6)/b;3-2+. The smallest absolute Gasteiger partial charge is 0.327 e. The molecule has 4 nitrogen and oxygen atoms in total. The van der Waals surface area contributed by atoms with Crippen LogP contribution in [-0.2, 0) is 9.59 Å². The Labute approximate surface area is 71.5 Å². The third kappa shape index (κ3) is 23.4. The van der Waals surface area contributed by atoms with Crippen LogP contribution >= 0.6 is 0 Å². The predicted octanol–water partition coefficient (Wildman–Crippen LogP) is 1.52. The second-order valence-corrected chi connectivity index (χ2v) is 1.98. The summed E-state index contributed by atoms with van der Waals surface area (Å²) in [7, 11) is 0. The number of carbonyl (C=O) groups is 2. The van der Waals surface area contributed by atoms with E-state index in [1.807, 2.05) is 6.92 Å². The molecule has 0 bridgehead atoms. The van der Waals surface area contributed by atoms with E-state index in [2.05, 4.69) is 0 Å². The van der Waals surface area contributed by atoms with Crippen LogP contribution in [-0.4, -0.2) is 22.2 Å². The van der Waals surface area contributed by atoms with Gasteiger partial charge in [-0.3, -0.25) is 4.79 Å². The highest BCUT2D eigenvalue weighted by atomic mass is 16.4. The largest absolute Gasteiger partial charge is 0.481 e. The maximum atomic E-state index is 9.60. The zero-order chi connectivity index (χ0) is 9.98. The van der Waals surface area contributed by atoms with Gasteiger partial charge in [-0.25, -0.2) is 4.79 Å². The van der Waals surface area contributed by atoms with Crippen LogP contribution in [0.3, 0.4) is 0 Å². The number of carboxylic acid groups (broad SMARTS) is 2. The summed E-state index contributed by atoms with van der Waals surface area (Å²) in [6.45, 7) is 3.50. The molecule has 70 valence electrons. The quantitative estimate of drug-likeness (QED) is 0.636. The molecule has 12 heavy (non-hydrogen) atoms. The summed E-state index contributed by atoms with van der Waals surface area (Å²) in [6, 6.07) is 0. The van der Waals surface area contributed by atoms with E-state index in [0.717, 1.165) is 12.5 Å². The minimum absolute atomic E-state index is 0.292. The van der Waals surface area contributed by atoms with Crippen LogP contribution in [0, 0.1) is 0 Å². The molecule has 0 aromatic rings. The molecule has 0 aromatic heterocycles. The lowest BCUT2D eigenvalue weighted by molar-refractivity contribution is -0.137. The fraction of sp³-hybridized carbons (Fsp3) is 0.500. The second kappa shape index (κ2) is 9.68. The van der Waals surface area contributed by atoms with Crippen molar-refractivity contribution < 1.29 is 19.8 Å². The fourth-order valence-corrected chi connectivity index (χ4v) is 0.356. The molecule has 2 N–H and O–H groups in total. The molecular weight excluding hydrogens is 160 g/mol. The van der Waals surface area contributed by atoms with Gasteiger partial charge in [-0.15, -0.1) is 0 Å². The number of hydrogen-bond acceptors (Lipinski definition) is 2. The van der Waals surface area contributed by atoms with Gasteiger partial charge in [-0.1, -0.05) is 13.0 Å². The number of allylic oxidation sites excluding steroid dienone is 1. The van der Waals surface area contributed by atoms with Crippen molar-refractivity contribution in [3.05, 3.63) is 12.2 Å². The van der Waals surface area contributed by atoms with Crippen molar-refractivity contribution in [1.29, 1.82) is 0 Å². The number of carboxylic acids is 2.